The Kier molecular flexibility index (Phi) is 3.11. The summed E-state index contributed by atoms with van der Waals surface area (Å²) in [4.78, 5) is 10.7. The fraction of sp³-hybridized carbons (Fsp3) is 0.357. The molecular weight excluding hydrogens is 217 g/mol. The van der Waals surface area contributed by atoms with E-state index in [0.29, 0.717) is 11.8 Å². The standard InChI is InChI=1S/C14H16FNO/c1-14(16)7-5-10(6-8-14)12-4-2-3-11(9-17)13(12)15/h2-5,9H,6-8,16H2,1H3. The molecule has 90 valence electrons. The summed E-state index contributed by atoms with van der Waals surface area (Å²) >= 11 is 0. The lowest BCUT2D eigenvalue weighted by Gasteiger charge is -2.28. The molecule has 1 aromatic rings. The predicted octanol–water partition coefficient (Wildman–Crippen LogP) is 2.92. The van der Waals surface area contributed by atoms with Crippen molar-refractivity contribution >= 4 is 11.9 Å². The number of hydrogen-bond donors (Lipinski definition) is 1. The van der Waals surface area contributed by atoms with Gasteiger partial charge in [0.05, 0.1) is 5.56 Å². The highest BCUT2D eigenvalue weighted by Crippen LogP contribution is 2.32. The molecule has 0 heterocycles. The van der Waals surface area contributed by atoms with E-state index in [2.05, 4.69) is 0 Å². The van der Waals surface area contributed by atoms with Gasteiger partial charge in [0, 0.05) is 11.1 Å². The number of hydrogen-bond acceptors (Lipinski definition) is 2. The van der Waals surface area contributed by atoms with Crippen LogP contribution in [0.3, 0.4) is 0 Å². The van der Waals surface area contributed by atoms with Gasteiger partial charge < -0.3 is 5.73 Å². The molecule has 2 rings (SSSR count). The van der Waals surface area contributed by atoms with Crippen molar-refractivity contribution in [3.8, 4) is 0 Å². The lowest BCUT2D eigenvalue weighted by molar-refractivity contribution is 0.111. The first-order chi connectivity index (χ1) is 8.03. The van der Waals surface area contributed by atoms with Gasteiger partial charge in [0.2, 0.25) is 0 Å². The quantitative estimate of drug-likeness (QED) is 0.798. The van der Waals surface area contributed by atoms with E-state index in [0.717, 1.165) is 24.8 Å². The molecular formula is C14H16FNO. The molecule has 1 aliphatic rings. The number of carbonyl (C=O) groups excluding carboxylic acids is 1. The van der Waals surface area contributed by atoms with E-state index >= 15 is 0 Å². The SMILES string of the molecule is CC1(N)CC=C(c2cccc(C=O)c2F)CC1. The van der Waals surface area contributed by atoms with Crippen LogP contribution in [0.5, 0.6) is 0 Å². The molecule has 0 radical (unpaired) electrons. The normalized spacial score (nSPS) is 24.3. The van der Waals surface area contributed by atoms with E-state index in [1.165, 1.54) is 6.07 Å². The highest BCUT2D eigenvalue weighted by Gasteiger charge is 2.23. The molecule has 1 aromatic carbocycles. The summed E-state index contributed by atoms with van der Waals surface area (Å²) in [6.45, 7) is 2.00. The average Bonchev–Trinajstić information content (AvgIpc) is 2.30. The summed E-state index contributed by atoms with van der Waals surface area (Å²) in [5, 5.41) is 0. The number of nitrogens with two attached hydrogens (primary N) is 1. The number of aldehydes is 1. The number of allylic oxidation sites excluding steroid dienone is 1. The molecule has 2 N–H and O–H groups in total. The Bertz CT molecular complexity index is 477. The van der Waals surface area contributed by atoms with E-state index < -0.39 is 5.82 Å². The van der Waals surface area contributed by atoms with E-state index in [1.807, 2.05) is 13.0 Å². The Morgan fingerprint density at radius 3 is 2.82 bits per heavy atom. The third-order valence-corrected chi connectivity index (χ3v) is 3.28. The maximum absolute atomic E-state index is 13.9. The maximum Gasteiger partial charge on any atom is 0.153 e. The van der Waals surface area contributed by atoms with Gasteiger partial charge in [-0.05, 0) is 37.8 Å². The van der Waals surface area contributed by atoms with Crippen molar-refractivity contribution in [3.63, 3.8) is 0 Å². The molecule has 0 saturated carbocycles. The fourth-order valence-electron chi connectivity index (χ4n) is 2.11. The second kappa shape index (κ2) is 4.41. The number of carbonyl (C=O) groups is 1. The van der Waals surface area contributed by atoms with Gasteiger partial charge in [0.1, 0.15) is 5.82 Å². The second-order valence-electron chi connectivity index (χ2n) is 4.91. The van der Waals surface area contributed by atoms with Crippen molar-refractivity contribution in [2.75, 3.05) is 0 Å². The summed E-state index contributed by atoms with van der Waals surface area (Å²) in [5.41, 5.74) is 7.43. The van der Waals surface area contributed by atoms with Crippen molar-refractivity contribution in [1.82, 2.24) is 0 Å². The van der Waals surface area contributed by atoms with Gasteiger partial charge in [-0.25, -0.2) is 4.39 Å². The zero-order valence-corrected chi connectivity index (χ0v) is 9.87. The first-order valence-corrected chi connectivity index (χ1v) is 5.75. The lowest BCUT2D eigenvalue weighted by Crippen LogP contribution is -2.37. The highest BCUT2D eigenvalue weighted by molar-refractivity contribution is 5.79. The Morgan fingerprint density at radius 2 is 2.24 bits per heavy atom. The zero-order valence-electron chi connectivity index (χ0n) is 9.87. The Hall–Kier alpha value is -1.48. The minimum Gasteiger partial charge on any atom is -0.325 e. The molecule has 2 nitrogen and oxygen atoms in total. The monoisotopic (exact) mass is 233 g/mol. The third-order valence-electron chi connectivity index (χ3n) is 3.28. The lowest BCUT2D eigenvalue weighted by atomic mass is 9.82. The molecule has 0 saturated heterocycles. The van der Waals surface area contributed by atoms with Crippen molar-refractivity contribution in [3.05, 3.63) is 41.2 Å². The van der Waals surface area contributed by atoms with Crippen LogP contribution in [0.1, 0.15) is 42.1 Å². The van der Waals surface area contributed by atoms with Crippen LogP contribution in [-0.2, 0) is 0 Å². The van der Waals surface area contributed by atoms with E-state index in [1.54, 1.807) is 12.1 Å². The van der Waals surface area contributed by atoms with Crippen molar-refractivity contribution in [2.45, 2.75) is 31.7 Å². The molecule has 1 aliphatic carbocycles. The Labute approximate surface area is 100 Å². The van der Waals surface area contributed by atoms with Crippen LogP contribution in [0.25, 0.3) is 5.57 Å². The number of halogens is 1. The van der Waals surface area contributed by atoms with Crippen LogP contribution in [-0.4, -0.2) is 11.8 Å². The summed E-state index contributed by atoms with van der Waals surface area (Å²) < 4.78 is 13.9. The van der Waals surface area contributed by atoms with Crippen LogP contribution < -0.4 is 5.73 Å². The summed E-state index contributed by atoms with van der Waals surface area (Å²) in [6, 6.07) is 4.91. The third kappa shape index (κ3) is 2.44. The largest absolute Gasteiger partial charge is 0.325 e. The molecule has 0 fully saturated rings. The Balaban J connectivity index is 2.36. The van der Waals surface area contributed by atoms with Crippen LogP contribution >= 0.6 is 0 Å². The van der Waals surface area contributed by atoms with Gasteiger partial charge in [0.25, 0.3) is 0 Å². The molecule has 0 bridgehead atoms. The molecule has 17 heavy (non-hydrogen) atoms. The van der Waals surface area contributed by atoms with E-state index in [-0.39, 0.29) is 11.1 Å². The van der Waals surface area contributed by atoms with E-state index in [4.69, 9.17) is 5.73 Å². The fourth-order valence-corrected chi connectivity index (χ4v) is 2.11. The molecule has 0 spiro atoms. The predicted molar refractivity (Wildman–Crippen MR) is 66.2 cm³/mol. The molecule has 0 amide bonds. The van der Waals surface area contributed by atoms with Gasteiger partial charge in [0.15, 0.2) is 6.29 Å². The van der Waals surface area contributed by atoms with Crippen LogP contribution in [0, 0.1) is 5.82 Å². The summed E-state index contributed by atoms with van der Waals surface area (Å²) in [7, 11) is 0. The number of benzene rings is 1. The Morgan fingerprint density at radius 1 is 1.47 bits per heavy atom. The van der Waals surface area contributed by atoms with Gasteiger partial charge >= 0.3 is 0 Å². The van der Waals surface area contributed by atoms with Gasteiger partial charge in [-0.3, -0.25) is 4.79 Å². The second-order valence-corrected chi connectivity index (χ2v) is 4.91. The highest BCUT2D eigenvalue weighted by atomic mass is 19.1. The minimum absolute atomic E-state index is 0.115. The molecule has 3 heteroatoms. The molecule has 1 atom stereocenters. The maximum atomic E-state index is 13.9. The van der Waals surface area contributed by atoms with Crippen molar-refractivity contribution in [1.29, 1.82) is 0 Å². The van der Waals surface area contributed by atoms with Crippen LogP contribution in [0.2, 0.25) is 0 Å². The summed E-state index contributed by atoms with van der Waals surface area (Å²) in [5.74, 6) is -0.422. The first-order valence-electron chi connectivity index (χ1n) is 5.75. The zero-order chi connectivity index (χ0) is 12.5. The molecule has 0 aliphatic heterocycles. The van der Waals surface area contributed by atoms with Gasteiger partial charge in [-0.2, -0.15) is 0 Å². The number of rotatable bonds is 2. The first kappa shape index (κ1) is 12.0. The van der Waals surface area contributed by atoms with Gasteiger partial charge in [-0.15, -0.1) is 0 Å². The van der Waals surface area contributed by atoms with Gasteiger partial charge in [-0.1, -0.05) is 18.2 Å². The minimum atomic E-state index is -0.422. The molecule has 1 unspecified atom stereocenters. The topological polar surface area (TPSA) is 43.1 Å². The van der Waals surface area contributed by atoms with Crippen molar-refractivity contribution < 1.29 is 9.18 Å². The van der Waals surface area contributed by atoms with Crippen molar-refractivity contribution in [2.24, 2.45) is 5.73 Å². The van der Waals surface area contributed by atoms with E-state index in [9.17, 15) is 9.18 Å². The van der Waals surface area contributed by atoms with Crippen LogP contribution in [0.15, 0.2) is 24.3 Å². The average molecular weight is 233 g/mol. The molecule has 0 aromatic heterocycles. The van der Waals surface area contributed by atoms with Crippen LogP contribution in [0.4, 0.5) is 4.39 Å². The summed E-state index contributed by atoms with van der Waals surface area (Å²) in [6.07, 6.45) is 4.87. The smallest absolute Gasteiger partial charge is 0.153 e.